The minimum Gasteiger partial charge on any atom is -0.465 e. The Balaban J connectivity index is 2.12. The number of benzene rings is 2. The van der Waals surface area contributed by atoms with Crippen LogP contribution in [0.2, 0.25) is 0 Å². The summed E-state index contributed by atoms with van der Waals surface area (Å²) < 4.78 is 59.2. The van der Waals surface area contributed by atoms with E-state index in [0.717, 1.165) is 31.4 Å². The number of carbonyl (C=O) groups excluding carboxylic acids is 3. The molecule has 1 saturated heterocycles. The van der Waals surface area contributed by atoms with Crippen molar-refractivity contribution in [2.45, 2.75) is 17.9 Å². The van der Waals surface area contributed by atoms with Gasteiger partial charge >= 0.3 is 18.2 Å². The molecule has 164 valence electrons. The van der Waals surface area contributed by atoms with E-state index in [1.807, 2.05) is 0 Å². The zero-order chi connectivity index (χ0) is 23.0. The second-order valence-electron chi connectivity index (χ2n) is 6.80. The lowest BCUT2D eigenvalue weighted by Crippen LogP contribution is -2.72. The predicted octanol–water partition coefficient (Wildman–Crippen LogP) is 2.72. The number of Topliss-reactive ketones (excluding diaryl/α,β-unsaturated/α-hetero) is 1. The van der Waals surface area contributed by atoms with E-state index in [1.54, 1.807) is 0 Å². The van der Waals surface area contributed by atoms with Gasteiger partial charge in [0.2, 0.25) is 5.72 Å². The zero-order valence-electron chi connectivity index (χ0n) is 15.9. The van der Waals surface area contributed by atoms with E-state index < -0.39 is 47.5 Å². The van der Waals surface area contributed by atoms with Gasteiger partial charge in [0.05, 0.1) is 18.7 Å². The van der Waals surface area contributed by atoms with Gasteiger partial charge in [0.1, 0.15) is 11.7 Å². The maximum atomic E-state index is 13.8. The third kappa shape index (κ3) is 4.08. The van der Waals surface area contributed by atoms with Gasteiger partial charge in [-0.3, -0.25) is 4.79 Å². The van der Waals surface area contributed by atoms with Crippen LogP contribution in [0.4, 0.5) is 22.4 Å². The van der Waals surface area contributed by atoms with Crippen LogP contribution < -0.4 is 10.6 Å². The second kappa shape index (κ2) is 7.99. The van der Waals surface area contributed by atoms with E-state index in [-0.39, 0.29) is 16.7 Å². The van der Waals surface area contributed by atoms with Crippen LogP contribution in [0, 0.1) is 11.7 Å². The highest BCUT2D eigenvalue weighted by molar-refractivity contribution is 6.00. The topological polar surface area (TPSA) is 105 Å². The molecule has 2 amide bonds. The van der Waals surface area contributed by atoms with Gasteiger partial charge in [0.25, 0.3) is 0 Å². The molecule has 3 rings (SSSR count). The molecule has 11 heteroatoms. The summed E-state index contributed by atoms with van der Waals surface area (Å²) in [6.45, 7) is 0. The Labute approximate surface area is 173 Å². The molecule has 0 bridgehead atoms. The van der Waals surface area contributed by atoms with E-state index in [0.29, 0.717) is 0 Å². The van der Waals surface area contributed by atoms with Crippen molar-refractivity contribution < 1.29 is 41.8 Å². The Hall–Kier alpha value is -3.47. The number of hydrogen-bond acceptors (Lipinski definition) is 5. The van der Waals surface area contributed by atoms with E-state index in [4.69, 9.17) is 0 Å². The van der Waals surface area contributed by atoms with Crippen molar-refractivity contribution in [3.8, 4) is 0 Å². The summed E-state index contributed by atoms with van der Waals surface area (Å²) in [6, 6.07) is 5.67. The molecule has 0 spiro atoms. The van der Waals surface area contributed by atoms with E-state index >= 15 is 0 Å². The van der Waals surface area contributed by atoms with Gasteiger partial charge < -0.3 is 20.5 Å². The molecule has 0 aromatic heterocycles. The zero-order valence-corrected chi connectivity index (χ0v) is 15.9. The highest BCUT2D eigenvalue weighted by Gasteiger charge is 2.66. The molecule has 1 aliphatic heterocycles. The first kappa shape index (κ1) is 22.2. The van der Waals surface area contributed by atoms with Crippen molar-refractivity contribution >= 4 is 17.8 Å². The maximum Gasteiger partial charge on any atom is 0.437 e. The number of amides is 2. The number of halogens is 4. The van der Waals surface area contributed by atoms with Gasteiger partial charge in [-0.2, -0.15) is 13.2 Å². The molecule has 2 aromatic carbocycles. The molecule has 3 N–H and O–H groups in total. The minimum absolute atomic E-state index is 0.0191. The molecule has 1 fully saturated rings. The normalized spacial score (nSPS) is 23.5. The first-order valence-electron chi connectivity index (χ1n) is 8.84. The fourth-order valence-electron chi connectivity index (χ4n) is 3.35. The summed E-state index contributed by atoms with van der Waals surface area (Å²) in [5, 5.41) is 14.1. The molecule has 1 heterocycles. The number of esters is 1. The molecule has 7 nitrogen and oxygen atoms in total. The number of rotatable bonds is 4. The van der Waals surface area contributed by atoms with Crippen molar-refractivity contribution in [3.05, 3.63) is 71.0 Å². The Morgan fingerprint density at radius 1 is 1.03 bits per heavy atom. The van der Waals surface area contributed by atoms with Crippen molar-refractivity contribution in [1.82, 2.24) is 10.6 Å². The smallest absolute Gasteiger partial charge is 0.437 e. The summed E-state index contributed by atoms with van der Waals surface area (Å²) in [5.41, 5.74) is -4.11. The van der Waals surface area contributed by atoms with Crippen LogP contribution in [0.15, 0.2) is 48.5 Å². The molecule has 0 unspecified atom stereocenters. The third-order valence-corrected chi connectivity index (χ3v) is 4.91. The molecular formula is C20H16F4N2O5. The summed E-state index contributed by atoms with van der Waals surface area (Å²) in [4.78, 5) is 36.6. The van der Waals surface area contributed by atoms with Crippen LogP contribution in [-0.4, -0.2) is 41.9 Å². The summed E-state index contributed by atoms with van der Waals surface area (Å²) in [7, 11) is 1.14. The van der Waals surface area contributed by atoms with Gasteiger partial charge in [-0.15, -0.1) is 0 Å². The Morgan fingerprint density at radius 3 is 2.10 bits per heavy atom. The number of carbonyl (C=O) groups is 3. The monoisotopic (exact) mass is 440 g/mol. The molecular weight excluding hydrogens is 424 g/mol. The van der Waals surface area contributed by atoms with Crippen LogP contribution >= 0.6 is 0 Å². The molecule has 0 radical (unpaired) electrons. The van der Waals surface area contributed by atoms with Crippen LogP contribution in [-0.2, 0) is 4.74 Å². The van der Waals surface area contributed by atoms with E-state index in [2.05, 4.69) is 10.1 Å². The minimum atomic E-state index is -5.42. The Bertz CT molecular complexity index is 1010. The lowest BCUT2D eigenvalue weighted by atomic mass is 9.77. The van der Waals surface area contributed by atoms with Crippen LogP contribution in [0.3, 0.4) is 0 Å². The van der Waals surface area contributed by atoms with Gasteiger partial charge in [-0.05, 0) is 42.0 Å². The quantitative estimate of drug-likeness (QED) is 0.385. The molecule has 2 aromatic rings. The first-order chi connectivity index (χ1) is 14.5. The number of alkyl halides is 3. The number of methoxy groups -OCH3 is 1. The van der Waals surface area contributed by atoms with Crippen molar-refractivity contribution in [2.75, 3.05) is 7.11 Å². The SMILES string of the molecule is COC(=O)c1ccc([C@@H]2NC(=O)N[C@](O)(C(F)(F)F)[C@H]2C(=O)c2ccc(F)cc2)cc1. The Kier molecular flexibility index (Phi) is 5.72. The Morgan fingerprint density at radius 2 is 1.58 bits per heavy atom. The maximum absolute atomic E-state index is 13.8. The van der Waals surface area contributed by atoms with Crippen LogP contribution in [0.1, 0.15) is 32.3 Å². The molecule has 31 heavy (non-hydrogen) atoms. The van der Waals surface area contributed by atoms with Gasteiger partial charge in [0.15, 0.2) is 5.78 Å². The number of urea groups is 1. The third-order valence-electron chi connectivity index (χ3n) is 4.91. The van der Waals surface area contributed by atoms with E-state index in [1.165, 1.54) is 29.6 Å². The predicted molar refractivity (Wildman–Crippen MR) is 97.4 cm³/mol. The number of nitrogens with one attached hydrogen (secondary N) is 2. The average molecular weight is 440 g/mol. The number of hydrogen-bond donors (Lipinski definition) is 3. The second-order valence-corrected chi connectivity index (χ2v) is 6.80. The number of aliphatic hydroxyl groups is 1. The van der Waals surface area contributed by atoms with Gasteiger partial charge in [0, 0.05) is 5.56 Å². The fourth-order valence-corrected chi connectivity index (χ4v) is 3.35. The first-order valence-corrected chi connectivity index (χ1v) is 8.84. The van der Waals surface area contributed by atoms with Crippen molar-refractivity contribution in [3.63, 3.8) is 0 Å². The van der Waals surface area contributed by atoms with Gasteiger partial charge in [-0.1, -0.05) is 12.1 Å². The molecule has 0 aliphatic carbocycles. The summed E-state index contributed by atoms with van der Waals surface area (Å²) >= 11 is 0. The average Bonchev–Trinajstić information content (AvgIpc) is 2.72. The molecule has 3 atom stereocenters. The highest BCUT2D eigenvalue weighted by Crippen LogP contribution is 2.44. The lowest BCUT2D eigenvalue weighted by Gasteiger charge is -2.45. The molecule has 0 saturated carbocycles. The molecule has 1 aliphatic rings. The fraction of sp³-hybridized carbons (Fsp3) is 0.250. The summed E-state index contributed by atoms with van der Waals surface area (Å²) in [5.74, 6) is -4.87. The highest BCUT2D eigenvalue weighted by atomic mass is 19.4. The van der Waals surface area contributed by atoms with Crippen LogP contribution in [0.5, 0.6) is 0 Å². The van der Waals surface area contributed by atoms with E-state index in [9.17, 15) is 37.1 Å². The lowest BCUT2D eigenvalue weighted by molar-refractivity contribution is -0.287. The van der Waals surface area contributed by atoms with Crippen molar-refractivity contribution in [1.29, 1.82) is 0 Å². The number of ether oxygens (including phenoxy) is 1. The van der Waals surface area contributed by atoms with Gasteiger partial charge in [-0.25, -0.2) is 14.0 Å². The standard InChI is InChI=1S/C20H16F4N2O5/c1-31-17(28)12-4-2-10(3-5-12)15-14(16(27)11-6-8-13(21)9-7-11)19(30,20(22,23)24)26-18(29)25-15/h2-9,14-15,30H,1H3,(H2,25,26,29)/t14-,15+,19-/m1/s1. The van der Waals surface area contributed by atoms with Crippen LogP contribution in [0.25, 0.3) is 0 Å². The summed E-state index contributed by atoms with van der Waals surface area (Å²) in [6.07, 6.45) is -5.42. The number of ketones is 1. The largest absolute Gasteiger partial charge is 0.465 e. The van der Waals surface area contributed by atoms with Crippen molar-refractivity contribution in [2.24, 2.45) is 5.92 Å².